The van der Waals surface area contributed by atoms with E-state index in [0.717, 1.165) is 11.3 Å². The van der Waals surface area contributed by atoms with E-state index in [4.69, 9.17) is 24.1 Å². The summed E-state index contributed by atoms with van der Waals surface area (Å²) in [4.78, 5) is 27.9. The van der Waals surface area contributed by atoms with Crippen LogP contribution in [0.25, 0.3) is 0 Å². The molecule has 174 valence electrons. The molecule has 9 nitrogen and oxygen atoms in total. The Morgan fingerprint density at radius 3 is 2.55 bits per heavy atom. The van der Waals surface area contributed by atoms with Crippen molar-refractivity contribution in [1.29, 1.82) is 0 Å². The van der Waals surface area contributed by atoms with Gasteiger partial charge in [0.2, 0.25) is 0 Å². The largest absolute Gasteiger partial charge is 0.497 e. The lowest BCUT2D eigenvalue weighted by Gasteiger charge is -2.16. The van der Waals surface area contributed by atoms with Crippen LogP contribution in [0.4, 0.5) is 5.13 Å². The van der Waals surface area contributed by atoms with Crippen molar-refractivity contribution in [2.75, 3.05) is 26.1 Å². The quantitative estimate of drug-likeness (QED) is 0.426. The summed E-state index contributed by atoms with van der Waals surface area (Å²) in [7, 11) is 3.14. The Morgan fingerprint density at radius 1 is 1.09 bits per heavy atom. The molecule has 0 spiro atoms. The maximum atomic E-state index is 12.9. The first-order valence-corrected chi connectivity index (χ1v) is 10.8. The van der Waals surface area contributed by atoms with Gasteiger partial charge in [0.05, 0.1) is 25.8 Å². The summed E-state index contributed by atoms with van der Waals surface area (Å²) in [6.07, 6.45) is -0.471. The molecule has 0 aliphatic rings. The molecule has 2 N–H and O–H groups in total. The van der Waals surface area contributed by atoms with E-state index in [0.29, 0.717) is 40.4 Å². The van der Waals surface area contributed by atoms with E-state index < -0.39 is 11.9 Å². The van der Waals surface area contributed by atoms with Crippen LogP contribution < -0.4 is 19.5 Å². The first kappa shape index (κ1) is 24.0. The molecule has 0 unspecified atom stereocenters. The molecule has 10 heteroatoms. The van der Waals surface area contributed by atoms with Crippen molar-refractivity contribution in [3.05, 3.63) is 59.1 Å². The fourth-order valence-electron chi connectivity index (χ4n) is 2.90. The number of methoxy groups -OCH3 is 2. The van der Waals surface area contributed by atoms with Crippen LogP contribution >= 0.6 is 11.3 Å². The number of rotatable bonds is 11. The third-order valence-corrected chi connectivity index (χ3v) is 5.07. The molecule has 33 heavy (non-hydrogen) atoms. The lowest BCUT2D eigenvalue weighted by atomic mass is 10.2. The smallest absolute Gasteiger partial charge is 0.309 e. The third kappa shape index (κ3) is 7.19. The van der Waals surface area contributed by atoms with Crippen molar-refractivity contribution in [2.24, 2.45) is 0 Å². The minimum atomic E-state index is -0.993. The zero-order valence-corrected chi connectivity index (χ0v) is 19.2. The molecule has 0 saturated carbocycles. The number of aromatic nitrogens is 1. The predicted octanol–water partition coefficient (Wildman–Crippen LogP) is 4.24. The number of aliphatic carboxylic acids is 1. The zero-order valence-electron chi connectivity index (χ0n) is 18.4. The van der Waals surface area contributed by atoms with E-state index >= 15 is 0 Å². The van der Waals surface area contributed by atoms with Gasteiger partial charge in [-0.3, -0.25) is 14.9 Å². The number of ether oxygens (including phenoxy) is 4. The molecular weight excluding hydrogens is 448 g/mol. The summed E-state index contributed by atoms with van der Waals surface area (Å²) in [6, 6.07) is 11.9. The van der Waals surface area contributed by atoms with E-state index in [9.17, 15) is 9.59 Å². The molecule has 1 amide bonds. The highest BCUT2D eigenvalue weighted by Gasteiger charge is 2.15. The number of carboxylic acid groups (broad SMARTS) is 1. The van der Waals surface area contributed by atoms with Crippen molar-refractivity contribution in [2.45, 2.75) is 19.4 Å². The zero-order chi connectivity index (χ0) is 23.8. The molecule has 1 aromatic heterocycles. The second-order valence-corrected chi connectivity index (χ2v) is 7.88. The van der Waals surface area contributed by atoms with E-state index in [-0.39, 0.29) is 18.1 Å². The van der Waals surface area contributed by atoms with Crippen LogP contribution in [0.2, 0.25) is 0 Å². The van der Waals surface area contributed by atoms with Crippen molar-refractivity contribution in [3.63, 3.8) is 0 Å². The Kier molecular flexibility index (Phi) is 8.22. The van der Waals surface area contributed by atoms with Crippen LogP contribution in [0.3, 0.4) is 0 Å². The van der Waals surface area contributed by atoms with Crippen molar-refractivity contribution in [1.82, 2.24) is 4.98 Å². The van der Waals surface area contributed by atoms with Gasteiger partial charge in [0.25, 0.3) is 5.91 Å². The van der Waals surface area contributed by atoms with Crippen molar-refractivity contribution < 1.29 is 33.6 Å². The molecular formula is C23H24N2O7S. The van der Waals surface area contributed by atoms with Crippen molar-refractivity contribution in [3.8, 4) is 23.0 Å². The molecule has 0 aliphatic heterocycles. The van der Waals surface area contributed by atoms with Crippen LogP contribution in [0.15, 0.2) is 47.8 Å². The number of carbonyl (C=O) groups excluding carboxylic acids is 1. The standard InChI is InChI=1S/C23H24N2O7S/c1-14(12-29-2)31-19-7-15(22(28)25-23-24-16(13-33-23)9-21(26)27)8-20(11-19)32-18-6-4-5-17(10-18)30-3/h4-8,10-11,13-14H,9,12H2,1-3H3,(H,26,27)(H,24,25,28)/t14-/m0/s1. The second-order valence-electron chi connectivity index (χ2n) is 7.03. The maximum absolute atomic E-state index is 12.9. The van der Waals surface area contributed by atoms with Crippen LogP contribution in [-0.4, -0.2) is 48.9 Å². The summed E-state index contributed by atoms with van der Waals surface area (Å²) in [5, 5.41) is 13.5. The summed E-state index contributed by atoms with van der Waals surface area (Å²) < 4.78 is 22.2. The Hall–Kier alpha value is -3.63. The lowest BCUT2D eigenvalue weighted by molar-refractivity contribution is -0.136. The van der Waals surface area contributed by atoms with Gasteiger partial charge in [-0.25, -0.2) is 4.98 Å². The monoisotopic (exact) mass is 472 g/mol. The SMILES string of the molecule is COC[C@H](C)Oc1cc(Oc2cccc(OC)c2)cc(C(=O)Nc2nc(CC(=O)O)cs2)c1. The summed E-state index contributed by atoms with van der Waals surface area (Å²) in [6.45, 7) is 2.21. The number of amides is 1. The molecule has 0 radical (unpaired) electrons. The van der Waals surface area contributed by atoms with Gasteiger partial charge in [-0.15, -0.1) is 11.3 Å². The lowest BCUT2D eigenvalue weighted by Crippen LogP contribution is -2.18. The predicted molar refractivity (Wildman–Crippen MR) is 123 cm³/mol. The molecule has 3 rings (SSSR count). The van der Waals surface area contributed by atoms with E-state index in [1.807, 2.05) is 6.92 Å². The summed E-state index contributed by atoms with van der Waals surface area (Å²) >= 11 is 1.15. The highest BCUT2D eigenvalue weighted by molar-refractivity contribution is 7.14. The van der Waals surface area contributed by atoms with E-state index in [1.54, 1.807) is 62.1 Å². The first-order chi connectivity index (χ1) is 15.9. The summed E-state index contributed by atoms with van der Waals surface area (Å²) in [5.41, 5.74) is 0.653. The Labute approximate surface area is 194 Å². The number of nitrogens with one attached hydrogen (secondary N) is 1. The Balaban J connectivity index is 1.84. The van der Waals surface area contributed by atoms with Gasteiger partial charge in [0, 0.05) is 30.2 Å². The van der Waals surface area contributed by atoms with Crippen LogP contribution in [0.1, 0.15) is 23.0 Å². The first-order valence-electron chi connectivity index (χ1n) is 9.96. The van der Waals surface area contributed by atoms with Gasteiger partial charge < -0.3 is 24.1 Å². The highest BCUT2D eigenvalue weighted by atomic mass is 32.1. The number of anilines is 1. The topological polar surface area (TPSA) is 116 Å². The molecule has 0 saturated heterocycles. The van der Waals surface area contributed by atoms with E-state index in [2.05, 4.69) is 10.3 Å². The van der Waals surface area contributed by atoms with Crippen LogP contribution in [0, 0.1) is 0 Å². The number of carboxylic acids is 1. The number of benzene rings is 2. The molecule has 1 heterocycles. The van der Waals surface area contributed by atoms with Crippen molar-refractivity contribution >= 4 is 28.3 Å². The van der Waals surface area contributed by atoms with Gasteiger partial charge in [-0.2, -0.15) is 0 Å². The fourth-order valence-corrected chi connectivity index (χ4v) is 3.61. The molecule has 2 aromatic carbocycles. The average molecular weight is 473 g/mol. The average Bonchev–Trinajstić information content (AvgIpc) is 3.19. The molecule has 3 aromatic rings. The molecule has 0 aliphatic carbocycles. The Bertz CT molecular complexity index is 1120. The second kappa shape index (κ2) is 11.3. The minimum absolute atomic E-state index is 0.217. The highest BCUT2D eigenvalue weighted by Crippen LogP contribution is 2.30. The summed E-state index contributed by atoms with van der Waals surface area (Å²) in [5.74, 6) is 0.546. The van der Waals surface area contributed by atoms with Crippen LogP contribution in [-0.2, 0) is 16.0 Å². The normalized spacial score (nSPS) is 11.5. The number of nitrogens with zero attached hydrogens (tertiary/aromatic N) is 1. The van der Waals surface area contributed by atoms with Gasteiger partial charge >= 0.3 is 5.97 Å². The Morgan fingerprint density at radius 2 is 1.82 bits per heavy atom. The van der Waals surface area contributed by atoms with Gasteiger partial charge in [-0.05, 0) is 31.2 Å². The van der Waals surface area contributed by atoms with Gasteiger partial charge in [-0.1, -0.05) is 6.07 Å². The number of hydrogen-bond donors (Lipinski definition) is 2. The van der Waals surface area contributed by atoms with E-state index in [1.165, 1.54) is 0 Å². The molecule has 1 atom stereocenters. The van der Waals surface area contributed by atoms with Crippen LogP contribution in [0.5, 0.6) is 23.0 Å². The maximum Gasteiger partial charge on any atom is 0.309 e. The van der Waals surface area contributed by atoms with Gasteiger partial charge in [0.15, 0.2) is 5.13 Å². The number of hydrogen-bond acceptors (Lipinski definition) is 8. The fraction of sp³-hybridized carbons (Fsp3) is 0.261. The molecule has 0 fully saturated rings. The van der Waals surface area contributed by atoms with Gasteiger partial charge in [0.1, 0.15) is 29.1 Å². The third-order valence-electron chi connectivity index (χ3n) is 4.26. The number of carbonyl (C=O) groups is 2. The minimum Gasteiger partial charge on any atom is -0.497 e. The molecule has 0 bridgehead atoms. The number of thiazole rings is 1.